The Morgan fingerprint density at radius 1 is 1.32 bits per heavy atom. The number of halogens is 2. The van der Waals surface area contributed by atoms with Gasteiger partial charge in [-0.25, -0.2) is 4.68 Å². The monoisotopic (exact) mass is 387 g/mol. The highest BCUT2D eigenvalue weighted by molar-refractivity contribution is 9.11. The lowest BCUT2D eigenvalue weighted by molar-refractivity contribution is 0.199. The van der Waals surface area contributed by atoms with Crippen molar-refractivity contribution in [2.24, 2.45) is 0 Å². The fourth-order valence-electron chi connectivity index (χ4n) is 1.64. The van der Waals surface area contributed by atoms with E-state index in [-0.39, 0.29) is 0 Å². The van der Waals surface area contributed by atoms with Crippen LogP contribution in [0.2, 0.25) is 0 Å². The van der Waals surface area contributed by atoms with Gasteiger partial charge in [0.1, 0.15) is 0 Å². The molecule has 102 valence electrons. The Bertz CT molecular complexity index is 542. The van der Waals surface area contributed by atoms with Crippen LogP contribution in [0.1, 0.15) is 5.69 Å². The molecule has 19 heavy (non-hydrogen) atoms. The largest absolute Gasteiger partial charge is 0.383 e. The van der Waals surface area contributed by atoms with E-state index in [1.165, 1.54) is 0 Å². The predicted molar refractivity (Wildman–Crippen MR) is 82.5 cm³/mol. The lowest BCUT2D eigenvalue weighted by Gasteiger charge is -2.05. The zero-order valence-electron chi connectivity index (χ0n) is 10.6. The second kappa shape index (κ2) is 7.19. The van der Waals surface area contributed by atoms with Gasteiger partial charge in [-0.1, -0.05) is 15.9 Å². The van der Waals surface area contributed by atoms with Gasteiger partial charge in [0.05, 0.1) is 18.0 Å². The van der Waals surface area contributed by atoms with Crippen LogP contribution in [0.3, 0.4) is 0 Å². The number of methoxy groups -OCH3 is 1. The van der Waals surface area contributed by atoms with Crippen LogP contribution >= 0.6 is 31.9 Å². The third kappa shape index (κ3) is 4.14. The van der Waals surface area contributed by atoms with Gasteiger partial charge in [-0.2, -0.15) is 5.10 Å². The molecule has 1 aromatic heterocycles. The molecule has 0 fully saturated rings. The number of ether oxygens (including phenoxy) is 1. The predicted octanol–water partition coefficient (Wildman–Crippen LogP) is 3.13. The molecule has 0 aliphatic rings. The molecule has 0 unspecified atom stereocenters. The van der Waals surface area contributed by atoms with Crippen molar-refractivity contribution in [3.05, 3.63) is 45.1 Å². The van der Waals surface area contributed by atoms with E-state index in [2.05, 4.69) is 42.3 Å². The lowest BCUT2D eigenvalue weighted by Crippen LogP contribution is -2.18. The molecule has 1 heterocycles. The number of nitrogens with zero attached hydrogens (tertiary/aromatic N) is 2. The molecule has 6 heteroatoms. The molecule has 0 amide bonds. The van der Waals surface area contributed by atoms with Crippen molar-refractivity contribution < 1.29 is 4.74 Å². The van der Waals surface area contributed by atoms with Crippen LogP contribution in [0.25, 0.3) is 5.69 Å². The molecule has 0 atom stereocenters. The molecule has 0 bridgehead atoms. The van der Waals surface area contributed by atoms with Crippen LogP contribution in [0.4, 0.5) is 0 Å². The fourth-order valence-corrected chi connectivity index (χ4v) is 2.42. The first-order valence-electron chi connectivity index (χ1n) is 5.90. The molecule has 0 saturated heterocycles. The summed E-state index contributed by atoms with van der Waals surface area (Å²) in [5.41, 5.74) is 2.01. The summed E-state index contributed by atoms with van der Waals surface area (Å²) < 4.78 is 8.89. The summed E-state index contributed by atoms with van der Waals surface area (Å²) in [4.78, 5) is 0. The smallest absolute Gasteiger partial charge is 0.0798 e. The summed E-state index contributed by atoms with van der Waals surface area (Å²) >= 11 is 7.01. The summed E-state index contributed by atoms with van der Waals surface area (Å²) in [6.45, 7) is 2.27. The van der Waals surface area contributed by atoms with E-state index in [4.69, 9.17) is 4.74 Å². The molecule has 0 aliphatic heterocycles. The Labute approximate surface area is 129 Å². The fraction of sp³-hybridized carbons (Fsp3) is 0.308. The highest BCUT2D eigenvalue weighted by Crippen LogP contribution is 2.24. The van der Waals surface area contributed by atoms with E-state index in [0.29, 0.717) is 6.61 Å². The molecule has 0 radical (unpaired) electrons. The number of aromatic nitrogens is 2. The van der Waals surface area contributed by atoms with Gasteiger partial charge in [-0.05, 0) is 40.2 Å². The summed E-state index contributed by atoms with van der Waals surface area (Å²) in [5, 5.41) is 7.81. The first-order valence-corrected chi connectivity index (χ1v) is 7.49. The normalized spacial score (nSPS) is 10.9. The molecule has 1 aromatic carbocycles. The molecule has 0 spiro atoms. The third-order valence-corrected chi connectivity index (χ3v) is 3.75. The van der Waals surface area contributed by atoms with E-state index in [1.54, 1.807) is 7.11 Å². The van der Waals surface area contributed by atoms with Crippen molar-refractivity contribution in [2.45, 2.75) is 6.54 Å². The highest BCUT2D eigenvalue weighted by atomic mass is 79.9. The van der Waals surface area contributed by atoms with Crippen molar-refractivity contribution in [1.29, 1.82) is 0 Å². The standard InChI is InChI=1S/C13H15Br2N3O/c1-19-7-5-16-9-11-4-6-18(17-11)13-8-10(14)2-3-12(13)15/h2-4,6,8,16H,5,7,9H2,1H3. The van der Waals surface area contributed by atoms with E-state index in [0.717, 1.165) is 33.4 Å². The van der Waals surface area contributed by atoms with Crippen molar-refractivity contribution in [3.8, 4) is 5.69 Å². The Morgan fingerprint density at radius 3 is 2.95 bits per heavy atom. The summed E-state index contributed by atoms with van der Waals surface area (Å²) in [5.74, 6) is 0. The van der Waals surface area contributed by atoms with Gasteiger partial charge in [-0.3, -0.25) is 0 Å². The average molecular weight is 389 g/mol. The number of hydrogen-bond acceptors (Lipinski definition) is 3. The quantitative estimate of drug-likeness (QED) is 0.772. The molecule has 2 rings (SSSR count). The van der Waals surface area contributed by atoms with Gasteiger partial charge in [0.2, 0.25) is 0 Å². The van der Waals surface area contributed by atoms with Crippen molar-refractivity contribution in [3.63, 3.8) is 0 Å². The van der Waals surface area contributed by atoms with Crippen LogP contribution in [-0.2, 0) is 11.3 Å². The minimum absolute atomic E-state index is 0.706. The number of nitrogens with one attached hydrogen (secondary N) is 1. The molecule has 4 nitrogen and oxygen atoms in total. The molecule has 0 aliphatic carbocycles. The van der Waals surface area contributed by atoms with E-state index in [1.807, 2.05) is 35.1 Å². The third-order valence-electron chi connectivity index (χ3n) is 2.59. The minimum atomic E-state index is 0.706. The number of hydrogen-bond donors (Lipinski definition) is 1. The second-order valence-electron chi connectivity index (χ2n) is 4.02. The first-order chi connectivity index (χ1) is 9.20. The SMILES string of the molecule is COCCNCc1ccn(-c2cc(Br)ccc2Br)n1. The zero-order chi connectivity index (χ0) is 13.7. The maximum absolute atomic E-state index is 4.98. The van der Waals surface area contributed by atoms with Crippen LogP contribution in [0, 0.1) is 0 Å². The average Bonchev–Trinajstić information content (AvgIpc) is 2.86. The van der Waals surface area contributed by atoms with Gasteiger partial charge in [0.15, 0.2) is 0 Å². The van der Waals surface area contributed by atoms with Crippen LogP contribution in [0.15, 0.2) is 39.4 Å². The molecular formula is C13H15Br2N3O. The Hall–Kier alpha value is -0.690. The van der Waals surface area contributed by atoms with Gasteiger partial charge >= 0.3 is 0 Å². The number of benzene rings is 1. The Kier molecular flexibility index (Phi) is 5.57. The minimum Gasteiger partial charge on any atom is -0.383 e. The van der Waals surface area contributed by atoms with E-state index < -0.39 is 0 Å². The van der Waals surface area contributed by atoms with E-state index >= 15 is 0 Å². The maximum atomic E-state index is 4.98. The zero-order valence-corrected chi connectivity index (χ0v) is 13.7. The van der Waals surface area contributed by atoms with Crippen molar-refractivity contribution >= 4 is 31.9 Å². The van der Waals surface area contributed by atoms with Crippen LogP contribution < -0.4 is 5.32 Å². The molecule has 2 aromatic rings. The van der Waals surface area contributed by atoms with Gasteiger partial charge in [-0.15, -0.1) is 0 Å². The summed E-state index contributed by atoms with van der Waals surface area (Å²) in [7, 11) is 1.70. The second-order valence-corrected chi connectivity index (χ2v) is 5.79. The van der Waals surface area contributed by atoms with Crippen LogP contribution in [-0.4, -0.2) is 30.0 Å². The Morgan fingerprint density at radius 2 is 2.16 bits per heavy atom. The van der Waals surface area contributed by atoms with E-state index in [9.17, 15) is 0 Å². The van der Waals surface area contributed by atoms with Crippen molar-refractivity contribution in [2.75, 3.05) is 20.3 Å². The lowest BCUT2D eigenvalue weighted by atomic mass is 10.3. The maximum Gasteiger partial charge on any atom is 0.0798 e. The molecular weight excluding hydrogens is 374 g/mol. The van der Waals surface area contributed by atoms with Crippen molar-refractivity contribution in [1.82, 2.24) is 15.1 Å². The van der Waals surface area contributed by atoms with Gasteiger partial charge < -0.3 is 10.1 Å². The number of rotatable bonds is 6. The topological polar surface area (TPSA) is 39.1 Å². The van der Waals surface area contributed by atoms with Gasteiger partial charge in [0, 0.05) is 35.3 Å². The highest BCUT2D eigenvalue weighted by Gasteiger charge is 2.05. The molecule has 0 saturated carbocycles. The molecule has 1 N–H and O–H groups in total. The first kappa shape index (κ1) is 14.7. The summed E-state index contributed by atoms with van der Waals surface area (Å²) in [6, 6.07) is 8.02. The van der Waals surface area contributed by atoms with Crippen LogP contribution in [0.5, 0.6) is 0 Å². The summed E-state index contributed by atoms with van der Waals surface area (Å²) in [6.07, 6.45) is 1.96. The van der Waals surface area contributed by atoms with Gasteiger partial charge in [0.25, 0.3) is 0 Å². The Balaban J connectivity index is 2.06.